The van der Waals surface area contributed by atoms with Crippen LogP contribution < -0.4 is 5.32 Å². The number of piperidine rings is 1. The van der Waals surface area contributed by atoms with Crippen molar-refractivity contribution in [1.82, 2.24) is 19.4 Å². The molecule has 5 nitrogen and oxygen atoms in total. The SMILES string of the molecule is C[Si](C)(C)CCOCn1ccc2c1ncc1ccn(C3CCNCC3)c12. The van der Waals surface area contributed by atoms with Crippen LogP contribution in [0.1, 0.15) is 18.9 Å². The van der Waals surface area contributed by atoms with Gasteiger partial charge in [-0.05, 0) is 44.1 Å². The zero-order valence-electron chi connectivity index (χ0n) is 16.2. The topological polar surface area (TPSA) is 44.0 Å². The van der Waals surface area contributed by atoms with Gasteiger partial charge in [-0.15, -0.1) is 0 Å². The van der Waals surface area contributed by atoms with Gasteiger partial charge < -0.3 is 19.2 Å². The third kappa shape index (κ3) is 3.59. The van der Waals surface area contributed by atoms with Gasteiger partial charge in [0.25, 0.3) is 0 Å². The molecular weight excluding hydrogens is 340 g/mol. The zero-order valence-corrected chi connectivity index (χ0v) is 17.2. The Bertz CT molecular complexity index is 886. The van der Waals surface area contributed by atoms with Crippen molar-refractivity contribution in [3.05, 3.63) is 30.7 Å². The van der Waals surface area contributed by atoms with Crippen LogP contribution in [0.15, 0.2) is 30.7 Å². The molecule has 0 radical (unpaired) electrons. The van der Waals surface area contributed by atoms with Gasteiger partial charge in [-0.1, -0.05) is 19.6 Å². The lowest BCUT2D eigenvalue weighted by Gasteiger charge is -2.25. The molecule has 0 bridgehead atoms. The van der Waals surface area contributed by atoms with Gasteiger partial charge >= 0.3 is 0 Å². The Kier molecular flexibility index (Phi) is 4.90. The molecule has 0 saturated carbocycles. The number of pyridine rings is 1. The Morgan fingerprint density at radius 3 is 2.77 bits per heavy atom. The third-order valence-corrected chi connectivity index (χ3v) is 7.09. The van der Waals surface area contributed by atoms with Crippen molar-refractivity contribution in [1.29, 1.82) is 0 Å². The van der Waals surface area contributed by atoms with Crippen molar-refractivity contribution in [2.24, 2.45) is 0 Å². The van der Waals surface area contributed by atoms with E-state index in [9.17, 15) is 0 Å². The predicted molar refractivity (Wildman–Crippen MR) is 110 cm³/mol. The summed E-state index contributed by atoms with van der Waals surface area (Å²) in [5, 5.41) is 5.93. The normalized spacial score (nSPS) is 16.7. The molecule has 26 heavy (non-hydrogen) atoms. The van der Waals surface area contributed by atoms with Crippen LogP contribution >= 0.6 is 0 Å². The van der Waals surface area contributed by atoms with E-state index < -0.39 is 8.07 Å². The van der Waals surface area contributed by atoms with E-state index in [1.807, 2.05) is 6.20 Å². The standard InChI is InChI=1S/C20H30N4OSi/c1-26(2,3)13-12-25-15-23-10-7-18-19-16(14-22-20(18)23)6-11-24(19)17-4-8-21-9-5-17/h6-7,10-11,14,17,21H,4-5,8-9,12-13,15H2,1-3H3. The van der Waals surface area contributed by atoms with E-state index in [0.717, 1.165) is 25.3 Å². The van der Waals surface area contributed by atoms with Crippen molar-refractivity contribution in [3.63, 3.8) is 0 Å². The summed E-state index contributed by atoms with van der Waals surface area (Å²) in [6.45, 7) is 10.8. The van der Waals surface area contributed by atoms with Crippen molar-refractivity contribution >= 4 is 30.0 Å². The van der Waals surface area contributed by atoms with E-state index in [4.69, 9.17) is 9.72 Å². The van der Waals surface area contributed by atoms with Crippen molar-refractivity contribution < 1.29 is 4.74 Å². The average Bonchev–Trinajstić information content (AvgIpc) is 3.22. The molecule has 140 valence electrons. The number of nitrogens with one attached hydrogen (secondary N) is 1. The summed E-state index contributed by atoms with van der Waals surface area (Å²) in [6, 6.07) is 6.17. The van der Waals surface area contributed by atoms with Gasteiger partial charge in [0.05, 0.1) is 5.52 Å². The number of ether oxygens (including phenoxy) is 1. The maximum Gasteiger partial charge on any atom is 0.143 e. The highest BCUT2D eigenvalue weighted by molar-refractivity contribution is 6.76. The highest BCUT2D eigenvalue weighted by atomic mass is 28.3. The van der Waals surface area contributed by atoms with Crippen LogP contribution in [0.4, 0.5) is 0 Å². The molecule has 1 fully saturated rings. The average molecular weight is 371 g/mol. The van der Waals surface area contributed by atoms with E-state index in [1.165, 1.54) is 35.2 Å². The number of hydrogen-bond acceptors (Lipinski definition) is 3. The van der Waals surface area contributed by atoms with Gasteiger partial charge in [0.15, 0.2) is 0 Å². The molecule has 0 unspecified atom stereocenters. The number of hydrogen-bond donors (Lipinski definition) is 1. The van der Waals surface area contributed by atoms with Crippen LogP contribution in [0.5, 0.6) is 0 Å². The molecule has 4 heterocycles. The van der Waals surface area contributed by atoms with Gasteiger partial charge in [-0.2, -0.15) is 0 Å². The lowest BCUT2D eigenvalue weighted by Crippen LogP contribution is -2.29. The van der Waals surface area contributed by atoms with Crippen LogP contribution in [0.3, 0.4) is 0 Å². The van der Waals surface area contributed by atoms with Crippen LogP contribution in [0.25, 0.3) is 21.9 Å². The minimum Gasteiger partial charge on any atom is -0.361 e. The second kappa shape index (κ2) is 7.17. The van der Waals surface area contributed by atoms with E-state index >= 15 is 0 Å². The van der Waals surface area contributed by atoms with Crippen LogP contribution in [0, 0.1) is 0 Å². The molecule has 3 aromatic heterocycles. The smallest absolute Gasteiger partial charge is 0.143 e. The Balaban J connectivity index is 1.60. The first kappa shape index (κ1) is 17.8. The summed E-state index contributed by atoms with van der Waals surface area (Å²) < 4.78 is 10.6. The zero-order chi connectivity index (χ0) is 18.1. The quantitative estimate of drug-likeness (QED) is 0.522. The molecule has 1 aliphatic rings. The molecule has 1 saturated heterocycles. The van der Waals surface area contributed by atoms with Gasteiger partial charge in [0.2, 0.25) is 0 Å². The predicted octanol–water partition coefficient (Wildman–Crippen LogP) is 4.23. The second-order valence-corrected chi connectivity index (χ2v) is 14.3. The molecule has 0 spiro atoms. The molecule has 1 aliphatic heterocycles. The highest BCUT2D eigenvalue weighted by Gasteiger charge is 2.19. The van der Waals surface area contributed by atoms with Gasteiger partial charge in [0, 0.05) is 50.1 Å². The first-order chi connectivity index (χ1) is 12.5. The minimum atomic E-state index is -1.05. The number of aromatic nitrogens is 3. The monoisotopic (exact) mass is 370 g/mol. The number of rotatable bonds is 6. The van der Waals surface area contributed by atoms with Gasteiger partial charge in [-0.25, -0.2) is 4.98 Å². The second-order valence-electron chi connectivity index (χ2n) is 8.64. The minimum absolute atomic E-state index is 0.579. The fraction of sp³-hybridized carbons (Fsp3) is 0.550. The van der Waals surface area contributed by atoms with E-state index in [0.29, 0.717) is 12.8 Å². The summed E-state index contributed by atoms with van der Waals surface area (Å²) in [6.07, 6.45) is 8.74. The lowest BCUT2D eigenvalue weighted by molar-refractivity contribution is 0.0899. The largest absolute Gasteiger partial charge is 0.361 e. The Morgan fingerprint density at radius 2 is 2.00 bits per heavy atom. The molecule has 0 aliphatic carbocycles. The van der Waals surface area contributed by atoms with E-state index in [2.05, 4.69) is 58.6 Å². The van der Waals surface area contributed by atoms with Crippen LogP contribution in [0.2, 0.25) is 25.7 Å². The van der Waals surface area contributed by atoms with Crippen LogP contribution in [-0.4, -0.2) is 41.9 Å². The van der Waals surface area contributed by atoms with Gasteiger partial charge in [0.1, 0.15) is 12.4 Å². The highest BCUT2D eigenvalue weighted by Crippen LogP contribution is 2.30. The summed E-state index contributed by atoms with van der Waals surface area (Å²) in [7, 11) is -1.05. The number of nitrogens with zero attached hydrogens (tertiary/aromatic N) is 3. The molecule has 6 heteroatoms. The number of fused-ring (bicyclic) bond motifs is 3. The fourth-order valence-electron chi connectivity index (χ4n) is 3.82. The van der Waals surface area contributed by atoms with Crippen molar-refractivity contribution in [2.45, 2.75) is 51.3 Å². The molecular formula is C20H30N4OSi. The molecule has 0 amide bonds. The first-order valence-corrected chi connectivity index (χ1v) is 13.5. The third-order valence-electron chi connectivity index (χ3n) is 5.39. The summed E-state index contributed by atoms with van der Waals surface area (Å²) in [4.78, 5) is 4.72. The van der Waals surface area contributed by atoms with Crippen LogP contribution in [-0.2, 0) is 11.5 Å². The fourth-order valence-corrected chi connectivity index (χ4v) is 4.58. The maximum atomic E-state index is 5.94. The molecule has 1 N–H and O–H groups in total. The summed E-state index contributed by atoms with van der Waals surface area (Å²) in [5.74, 6) is 0. The Hall–Kier alpha value is -1.63. The molecule has 3 aromatic rings. The van der Waals surface area contributed by atoms with Crippen molar-refractivity contribution in [2.75, 3.05) is 19.7 Å². The molecule has 0 aromatic carbocycles. The maximum absolute atomic E-state index is 5.94. The lowest BCUT2D eigenvalue weighted by atomic mass is 10.1. The van der Waals surface area contributed by atoms with E-state index in [1.54, 1.807) is 0 Å². The summed E-state index contributed by atoms with van der Waals surface area (Å²) in [5.41, 5.74) is 2.35. The van der Waals surface area contributed by atoms with Gasteiger partial charge in [-0.3, -0.25) is 0 Å². The van der Waals surface area contributed by atoms with E-state index in [-0.39, 0.29) is 0 Å². The first-order valence-electron chi connectivity index (χ1n) is 9.76. The molecule has 4 rings (SSSR count). The summed E-state index contributed by atoms with van der Waals surface area (Å²) >= 11 is 0. The Morgan fingerprint density at radius 1 is 1.19 bits per heavy atom. The molecule has 0 atom stereocenters. The Labute approximate surface area is 156 Å². The van der Waals surface area contributed by atoms with Crippen molar-refractivity contribution in [3.8, 4) is 0 Å².